The molecule has 4 heterocycles. The van der Waals surface area contributed by atoms with Gasteiger partial charge in [-0.3, -0.25) is 14.6 Å². The van der Waals surface area contributed by atoms with Crippen molar-refractivity contribution in [3.63, 3.8) is 0 Å². The van der Waals surface area contributed by atoms with Crippen LogP contribution in [-0.4, -0.2) is 57.1 Å². The van der Waals surface area contributed by atoms with Crippen LogP contribution in [0.1, 0.15) is 45.1 Å². The fourth-order valence-corrected chi connectivity index (χ4v) is 5.06. The Hall–Kier alpha value is -2.65. The molecular weight excluding hydrogens is 450 g/mol. The molecule has 0 bridgehead atoms. The summed E-state index contributed by atoms with van der Waals surface area (Å²) in [6.07, 6.45) is 5.59. The Kier molecular flexibility index (Phi) is 5.13. The SMILES string of the molecule is CC(C)(C)OC(=O)N1CCN(c2nc(-c3cnc4[nH]cc(C5CC5)c4c3Cl)cs2)C(=O)C1. The number of hydrogen-bond donors (Lipinski definition) is 1. The van der Waals surface area contributed by atoms with Gasteiger partial charge in [-0.2, -0.15) is 0 Å². The van der Waals surface area contributed by atoms with Gasteiger partial charge in [-0.25, -0.2) is 14.8 Å². The van der Waals surface area contributed by atoms with Gasteiger partial charge in [-0.15, -0.1) is 11.3 Å². The highest BCUT2D eigenvalue weighted by molar-refractivity contribution is 7.14. The second-order valence-electron chi connectivity index (χ2n) is 9.19. The molecule has 2 amide bonds. The number of pyridine rings is 1. The molecule has 2 aliphatic rings. The fraction of sp³-hybridized carbons (Fsp3) is 0.455. The lowest BCUT2D eigenvalue weighted by Gasteiger charge is -2.34. The van der Waals surface area contributed by atoms with Crippen LogP contribution in [0, 0.1) is 0 Å². The molecule has 10 heteroatoms. The summed E-state index contributed by atoms with van der Waals surface area (Å²) >= 11 is 8.17. The molecule has 8 nitrogen and oxygen atoms in total. The number of H-pyrrole nitrogens is 1. The van der Waals surface area contributed by atoms with E-state index in [1.54, 1.807) is 31.9 Å². The predicted octanol–water partition coefficient (Wildman–Crippen LogP) is 4.80. The molecule has 0 spiro atoms. The van der Waals surface area contributed by atoms with Crippen LogP contribution >= 0.6 is 22.9 Å². The summed E-state index contributed by atoms with van der Waals surface area (Å²) in [5.74, 6) is 0.354. The molecule has 5 rings (SSSR count). The number of nitrogens with one attached hydrogen (secondary N) is 1. The van der Waals surface area contributed by atoms with Crippen molar-refractivity contribution in [1.82, 2.24) is 19.9 Å². The maximum atomic E-state index is 12.8. The maximum absolute atomic E-state index is 12.8. The lowest BCUT2D eigenvalue weighted by Crippen LogP contribution is -2.53. The van der Waals surface area contributed by atoms with Gasteiger partial charge in [0.05, 0.1) is 10.7 Å². The van der Waals surface area contributed by atoms with Crippen LogP contribution in [0.25, 0.3) is 22.3 Å². The predicted molar refractivity (Wildman–Crippen MR) is 124 cm³/mol. The van der Waals surface area contributed by atoms with Crippen molar-refractivity contribution in [2.75, 3.05) is 24.5 Å². The first-order chi connectivity index (χ1) is 15.2. The normalized spacial score (nSPS) is 17.3. The molecule has 0 unspecified atom stereocenters. The largest absolute Gasteiger partial charge is 0.444 e. The lowest BCUT2D eigenvalue weighted by atomic mass is 10.1. The molecular formula is C22H24ClN5O3S. The van der Waals surface area contributed by atoms with E-state index >= 15 is 0 Å². The van der Waals surface area contributed by atoms with E-state index in [1.807, 2.05) is 11.6 Å². The summed E-state index contributed by atoms with van der Waals surface area (Å²) in [5, 5.41) is 4.07. The molecule has 1 N–H and O–H groups in total. The van der Waals surface area contributed by atoms with Crippen LogP contribution in [-0.2, 0) is 9.53 Å². The minimum atomic E-state index is -0.602. The lowest BCUT2D eigenvalue weighted by molar-refractivity contribution is -0.121. The topological polar surface area (TPSA) is 91.4 Å². The van der Waals surface area contributed by atoms with E-state index in [0.717, 1.165) is 16.6 Å². The van der Waals surface area contributed by atoms with E-state index in [2.05, 4.69) is 15.0 Å². The average molecular weight is 474 g/mol. The van der Waals surface area contributed by atoms with Crippen molar-refractivity contribution in [1.29, 1.82) is 0 Å². The summed E-state index contributed by atoms with van der Waals surface area (Å²) in [6, 6.07) is 0. The Morgan fingerprint density at radius 3 is 2.78 bits per heavy atom. The highest BCUT2D eigenvalue weighted by atomic mass is 35.5. The molecule has 0 aromatic carbocycles. The van der Waals surface area contributed by atoms with Crippen molar-refractivity contribution in [3.8, 4) is 11.3 Å². The van der Waals surface area contributed by atoms with Crippen molar-refractivity contribution >= 4 is 51.1 Å². The number of piperazine rings is 1. The van der Waals surface area contributed by atoms with Crippen molar-refractivity contribution in [3.05, 3.63) is 28.4 Å². The van der Waals surface area contributed by atoms with E-state index in [-0.39, 0.29) is 12.5 Å². The summed E-state index contributed by atoms with van der Waals surface area (Å²) in [4.78, 5) is 40.5. The van der Waals surface area contributed by atoms with Gasteiger partial charge in [0.15, 0.2) is 5.13 Å². The molecule has 32 heavy (non-hydrogen) atoms. The number of carbonyl (C=O) groups is 2. The number of carbonyl (C=O) groups excluding carboxylic acids is 2. The molecule has 1 aliphatic heterocycles. The second-order valence-corrected chi connectivity index (χ2v) is 10.4. The zero-order chi connectivity index (χ0) is 22.6. The molecule has 1 saturated carbocycles. The summed E-state index contributed by atoms with van der Waals surface area (Å²) < 4.78 is 5.38. The molecule has 168 valence electrons. The third-order valence-corrected chi connectivity index (χ3v) is 6.81. The van der Waals surface area contributed by atoms with E-state index in [4.69, 9.17) is 16.3 Å². The minimum Gasteiger partial charge on any atom is -0.444 e. The number of rotatable bonds is 3. The van der Waals surface area contributed by atoms with Crippen molar-refractivity contribution < 1.29 is 14.3 Å². The first-order valence-electron chi connectivity index (χ1n) is 10.6. The average Bonchev–Trinajstić information content (AvgIpc) is 3.29. The zero-order valence-corrected chi connectivity index (χ0v) is 19.7. The monoisotopic (exact) mass is 473 g/mol. The van der Waals surface area contributed by atoms with E-state index in [9.17, 15) is 9.59 Å². The molecule has 0 atom stereocenters. The van der Waals surface area contributed by atoms with Gasteiger partial charge in [0.1, 0.15) is 17.8 Å². The number of aromatic nitrogens is 3. The highest BCUT2D eigenvalue weighted by Gasteiger charge is 2.33. The Morgan fingerprint density at radius 1 is 1.31 bits per heavy atom. The number of amides is 2. The van der Waals surface area contributed by atoms with Gasteiger partial charge >= 0.3 is 6.09 Å². The summed E-state index contributed by atoms with van der Waals surface area (Å²) in [7, 11) is 0. The van der Waals surface area contributed by atoms with Crippen LogP contribution in [0.3, 0.4) is 0 Å². The maximum Gasteiger partial charge on any atom is 0.410 e. The number of halogens is 1. The van der Waals surface area contributed by atoms with Crippen molar-refractivity contribution in [2.45, 2.75) is 45.1 Å². The van der Waals surface area contributed by atoms with Gasteiger partial charge in [0.25, 0.3) is 0 Å². The molecule has 3 aromatic rings. The van der Waals surface area contributed by atoms with Gasteiger partial charge < -0.3 is 9.72 Å². The standard InChI is InChI=1S/C22H24ClN5O3S/c1-22(2,3)31-21(30)27-6-7-28(16(29)10-27)20-26-15(11-32-20)14-9-25-19-17(18(14)23)13(8-24-19)12-4-5-12/h8-9,11-12H,4-7,10H2,1-3H3,(H,24,25). The van der Waals surface area contributed by atoms with E-state index in [1.165, 1.54) is 34.6 Å². The first kappa shape index (κ1) is 21.2. The van der Waals surface area contributed by atoms with E-state index < -0.39 is 11.7 Å². The van der Waals surface area contributed by atoms with Gasteiger partial charge in [0, 0.05) is 41.8 Å². The minimum absolute atomic E-state index is 0.0355. The van der Waals surface area contributed by atoms with Crippen molar-refractivity contribution in [2.24, 2.45) is 0 Å². The van der Waals surface area contributed by atoms with Crippen LogP contribution in [0.4, 0.5) is 9.93 Å². The van der Waals surface area contributed by atoms with Crippen LogP contribution < -0.4 is 4.90 Å². The molecule has 1 aliphatic carbocycles. The molecule has 0 radical (unpaired) electrons. The number of hydrogen-bond acceptors (Lipinski definition) is 6. The smallest absolute Gasteiger partial charge is 0.410 e. The quantitative estimate of drug-likeness (QED) is 0.589. The zero-order valence-electron chi connectivity index (χ0n) is 18.1. The van der Waals surface area contributed by atoms with Gasteiger partial charge in [-0.05, 0) is 45.1 Å². The van der Waals surface area contributed by atoms with Gasteiger partial charge in [0.2, 0.25) is 5.91 Å². The van der Waals surface area contributed by atoms with Crippen LogP contribution in [0.15, 0.2) is 17.8 Å². The fourth-order valence-electron chi connectivity index (χ4n) is 3.84. The summed E-state index contributed by atoms with van der Waals surface area (Å²) in [6.45, 7) is 6.12. The second kappa shape index (κ2) is 7.74. The Balaban J connectivity index is 1.36. The molecule has 2 fully saturated rings. The molecule has 1 saturated heterocycles. The Morgan fingerprint density at radius 2 is 2.09 bits per heavy atom. The van der Waals surface area contributed by atoms with Crippen LogP contribution in [0.2, 0.25) is 5.02 Å². The molecule has 3 aromatic heterocycles. The number of aromatic amines is 1. The first-order valence-corrected chi connectivity index (χ1v) is 11.9. The Labute approximate surface area is 194 Å². The highest BCUT2D eigenvalue weighted by Crippen LogP contribution is 2.46. The number of anilines is 1. The summed E-state index contributed by atoms with van der Waals surface area (Å²) in [5.41, 5.74) is 2.83. The number of ether oxygens (including phenoxy) is 1. The third-order valence-electron chi connectivity index (χ3n) is 5.56. The third kappa shape index (κ3) is 3.95. The number of fused-ring (bicyclic) bond motifs is 1. The number of thiazole rings is 1. The van der Waals surface area contributed by atoms with Gasteiger partial charge in [-0.1, -0.05) is 11.6 Å². The van der Waals surface area contributed by atoms with E-state index in [0.29, 0.717) is 34.9 Å². The number of nitrogens with zero attached hydrogens (tertiary/aromatic N) is 4. The van der Waals surface area contributed by atoms with Crippen LogP contribution in [0.5, 0.6) is 0 Å². The Bertz CT molecular complexity index is 1210.